The Balaban J connectivity index is 2.23. The van der Waals surface area contributed by atoms with Gasteiger partial charge in [0.15, 0.2) is 5.78 Å². The minimum atomic E-state index is -0.399. The van der Waals surface area contributed by atoms with Gasteiger partial charge < -0.3 is 4.74 Å². The standard InChI is InChI=1S/C15H22O2/c1-9(16)11-8-12-10-6-7-14(12,4)17-15(11,5)13(10,2)3/h8,10,12H,6-7H2,1-5H3/t10?,12?,14-,15+/m0/s1. The normalized spacial score (nSPS) is 50.3. The van der Waals surface area contributed by atoms with Gasteiger partial charge in [0.2, 0.25) is 0 Å². The molecule has 94 valence electrons. The molecule has 2 fully saturated rings. The van der Waals surface area contributed by atoms with Crippen LogP contribution in [0, 0.1) is 17.3 Å². The molecular formula is C15H22O2. The van der Waals surface area contributed by atoms with Crippen molar-refractivity contribution in [1.82, 2.24) is 0 Å². The van der Waals surface area contributed by atoms with Crippen LogP contribution < -0.4 is 0 Å². The second-order valence-electron chi connectivity index (χ2n) is 6.98. The molecule has 2 nitrogen and oxygen atoms in total. The van der Waals surface area contributed by atoms with Crippen LogP contribution in [-0.2, 0) is 9.53 Å². The van der Waals surface area contributed by atoms with Crippen LogP contribution in [0.25, 0.3) is 0 Å². The predicted octanol–water partition coefficient (Wildman–Crippen LogP) is 3.12. The Kier molecular flexibility index (Phi) is 1.92. The van der Waals surface area contributed by atoms with E-state index in [0.717, 1.165) is 12.0 Å². The summed E-state index contributed by atoms with van der Waals surface area (Å²) in [7, 11) is 0. The fourth-order valence-corrected chi connectivity index (χ4v) is 4.58. The summed E-state index contributed by atoms with van der Waals surface area (Å²) in [5.41, 5.74) is 0.531. The first-order valence-corrected chi connectivity index (χ1v) is 6.66. The van der Waals surface area contributed by atoms with Gasteiger partial charge in [0.1, 0.15) is 0 Å². The Bertz CT molecular complexity index is 434. The largest absolute Gasteiger partial charge is 0.363 e. The lowest BCUT2D eigenvalue weighted by Crippen LogP contribution is -2.64. The molecule has 2 heteroatoms. The number of carbonyl (C=O) groups is 1. The fraction of sp³-hybridized carbons (Fsp3) is 0.800. The first-order chi connectivity index (χ1) is 7.72. The molecule has 0 aromatic carbocycles. The summed E-state index contributed by atoms with van der Waals surface area (Å²) < 4.78 is 6.45. The van der Waals surface area contributed by atoms with Crippen molar-refractivity contribution in [2.24, 2.45) is 17.3 Å². The highest BCUT2D eigenvalue weighted by molar-refractivity contribution is 5.96. The maximum Gasteiger partial charge on any atom is 0.158 e. The van der Waals surface area contributed by atoms with Crippen molar-refractivity contribution >= 4 is 5.78 Å². The van der Waals surface area contributed by atoms with E-state index in [1.54, 1.807) is 6.92 Å². The highest BCUT2D eigenvalue weighted by atomic mass is 16.5. The minimum Gasteiger partial charge on any atom is -0.363 e. The second-order valence-corrected chi connectivity index (χ2v) is 6.98. The summed E-state index contributed by atoms with van der Waals surface area (Å²) >= 11 is 0. The van der Waals surface area contributed by atoms with E-state index in [1.165, 1.54) is 6.42 Å². The van der Waals surface area contributed by atoms with Gasteiger partial charge in [-0.3, -0.25) is 4.79 Å². The number of rotatable bonds is 1. The van der Waals surface area contributed by atoms with E-state index >= 15 is 0 Å². The van der Waals surface area contributed by atoms with Crippen molar-refractivity contribution in [3.63, 3.8) is 0 Å². The van der Waals surface area contributed by atoms with Crippen molar-refractivity contribution in [1.29, 1.82) is 0 Å². The molecule has 4 aliphatic rings. The summed E-state index contributed by atoms with van der Waals surface area (Å²) in [5.74, 6) is 1.26. The number of ketones is 1. The maximum absolute atomic E-state index is 11.9. The molecular weight excluding hydrogens is 212 g/mol. The third kappa shape index (κ3) is 1.08. The smallest absolute Gasteiger partial charge is 0.158 e. The minimum absolute atomic E-state index is 0.0338. The van der Waals surface area contributed by atoms with Gasteiger partial charge in [0.05, 0.1) is 11.2 Å². The van der Waals surface area contributed by atoms with Crippen molar-refractivity contribution < 1.29 is 9.53 Å². The molecule has 4 bridgehead atoms. The topological polar surface area (TPSA) is 26.3 Å². The van der Waals surface area contributed by atoms with Crippen molar-refractivity contribution in [2.75, 3.05) is 0 Å². The van der Waals surface area contributed by atoms with Crippen molar-refractivity contribution in [2.45, 2.75) is 58.7 Å². The first kappa shape index (κ1) is 11.5. The molecule has 2 aliphatic carbocycles. The Morgan fingerprint density at radius 3 is 2.59 bits per heavy atom. The zero-order valence-electron chi connectivity index (χ0n) is 11.5. The molecule has 17 heavy (non-hydrogen) atoms. The lowest BCUT2D eigenvalue weighted by molar-refractivity contribution is -0.240. The molecule has 4 rings (SSSR count). The highest BCUT2D eigenvalue weighted by Crippen LogP contribution is 2.66. The van der Waals surface area contributed by atoms with Gasteiger partial charge in [-0.25, -0.2) is 0 Å². The molecule has 0 aromatic heterocycles. The van der Waals surface area contributed by atoms with Gasteiger partial charge in [-0.1, -0.05) is 19.9 Å². The lowest BCUT2D eigenvalue weighted by atomic mass is 9.53. The molecule has 0 amide bonds. The molecule has 1 saturated heterocycles. The molecule has 2 heterocycles. The Hall–Kier alpha value is -0.630. The van der Waals surface area contributed by atoms with Crippen LogP contribution in [0.2, 0.25) is 0 Å². The van der Waals surface area contributed by atoms with Crippen LogP contribution in [-0.4, -0.2) is 17.0 Å². The third-order valence-electron chi connectivity index (χ3n) is 5.92. The molecule has 0 aromatic rings. The first-order valence-electron chi connectivity index (χ1n) is 6.66. The SMILES string of the molecule is CC(=O)C1=CC2C3CC[C@]2(C)O[C@@]1(C)C3(C)C. The highest BCUT2D eigenvalue weighted by Gasteiger charge is 2.68. The Labute approximate surface area is 103 Å². The molecule has 0 spiro atoms. The average molecular weight is 234 g/mol. The van der Waals surface area contributed by atoms with E-state index in [1.807, 2.05) is 0 Å². The van der Waals surface area contributed by atoms with Crippen LogP contribution in [0.3, 0.4) is 0 Å². The Morgan fingerprint density at radius 1 is 1.35 bits per heavy atom. The summed E-state index contributed by atoms with van der Waals surface area (Å²) in [4.78, 5) is 11.9. The molecule has 4 atom stereocenters. The molecule has 2 aliphatic heterocycles. The summed E-state index contributed by atoms with van der Waals surface area (Å²) in [6.45, 7) is 10.5. The number of ether oxygens (including phenoxy) is 1. The van der Waals surface area contributed by atoms with Gasteiger partial charge in [-0.05, 0) is 39.5 Å². The fourth-order valence-electron chi connectivity index (χ4n) is 4.58. The van der Waals surface area contributed by atoms with E-state index in [4.69, 9.17) is 4.74 Å². The quantitative estimate of drug-likeness (QED) is 0.697. The van der Waals surface area contributed by atoms with E-state index in [2.05, 4.69) is 33.8 Å². The number of hydrogen-bond acceptors (Lipinski definition) is 2. The number of hydrogen-bond donors (Lipinski definition) is 0. The van der Waals surface area contributed by atoms with Crippen LogP contribution in [0.5, 0.6) is 0 Å². The van der Waals surface area contributed by atoms with Crippen molar-refractivity contribution in [3.8, 4) is 0 Å². The van der Waals surface area contributed by atoms with Crippen LogP contribution in [0.1, 0.15) is 47.5 Å². The monoisotopic (exact) mass is 234 g/mol. The van der Waals surface area contributed by atoms with Gasteiger partial charge in [0.25, 0.3) is 0 Å². The van der Waals surface area contributed by atoms with Gasteiger partial charge >= 0.3 is 0 Å². The van der Waals surface area contributed by atoms with E-state index in [0.29, 0.717) is 11.8 Å². The molecule has 2 unspecified atom stereocenters. The van der Waals surface area contributed by atoms with Gasteiger partial charge in [0, 0.05) is 16.9 Å². The zero-order valence-corrected chi connectivity index (χ0v) is 11.5. The van der Waals surface area contributed by atoms with Crippen LogP contribution in [0.15, 0.2) is 11.6 Å². The molecule has 1 saturated carbocycles. The summed E-state index contributed by atoms with van der Waals surface area (Å²) in [5, 5.41) is 0. The number of Topliss-reactive ketones (excluding diaryl/α,β-unsaturated/α-hetero) is 1. The van der Waals surface area contributed by atoms with E-state index in [-0.39, 0.29) is 16.8 Å². The van der Waals surface area contributed by atoms with E-state index in [9.17, 15) is 4.79 Å². The second kappa shape index (κ2) is 2.85. The third-order valence-corrected chi connectivity index (χ3v) is 5.92. The zero-order chi connectivity index (χ0) is 12.6. The predicted molar refractivity (Wildman–Crippen MR) is 66.7 cm³/mol. The van der Waals surface area contributed by atoms with E-state index < -0.39 is 5.60 Å². The number of carbonyl (C=O) groups excluding carboxylic acids is 1. The molecule has 0 N–H and O–H groups in total. The maximum atomic E-state index is 11.9. The summed E-state index contributed by atoms with van der Waals surface area (Å²) in [6.07, 6.45) is 4.59. The van der Waals surface area contributed by atoms with Gasteiger partial charge in [-0.2, -0.15) is 0 Å². The average Bonchev–Trinajstić information content (AvgIpc) is 2.48. The van der Waals surface area contributed by atoms with Gasteiger partial charge in [-0.15, -0.1) is 0 Å². The lowest BCUT2D eigenvalue weighted by Gasteiger charge is -2.61. The van der Waals surface area contributed by atoms with Crippen LogP contribution in [0.4, 0.5) is 0 Å². The summed E-state index contributed by atoms with van der Waals surface area (Å²) in [6, 6.07) is 0. The molecule has 0 radical (unpaired) electrons. The van der Waals surface area contributed by atoms with Crippen molar-refractivity contribution in [3.05, 3.63) is 11.6 Å². The Morgan fingerprint density at radius 2 is 2.00 bits per heavy atom. The van der Waals surface area contributed by atoms with Crippen LogP contribution >= 0.6 is 0 Å².